The van der Waals surface area contributed by atoms with Gasteiger partial charge in [-0.05, 0) is 102 Å². The van der Waals surface area contributed by atoms with E-state index in [2.05, 4.69) is 25.6 Å². The van der Waals surface area contributed by atoms with Crippen molar-refractivity contribution in [2.75, 3.05) is 10.6 Å². The summed E-state index contributed by atoms with van der Waals surface area (Å²) in [5, 5.41) is 11.2. The van der Waals surface area contributed by atoms with Crippen molar-refractivity contribution < 1.29 is 28.8 Å². The molecule has 3 aromatic heterocycles. The number of nitrogens with zero attached hydrogens (tertiary/aromatic N) is 3. The Kier molecular flexibility index (Phi) is 9.00. The molecule has 0 bridgehead atoms. The molecule has 13 rings (SSSR count). The number of anilines is 2. The molecule has 4 aliphatic rings. The minimum absolute atomic E-state index is 0.0163. The fourth-order valence-electron chi connectivity index (χ4n) is 11.3. The molecule has 0 saturated heterocycles. The molecule has 0 radical (unpaired) electrons. The van der Waals surface area contributed by atoms with Crippen LogP contribution in [0.5, 0.6) is 0 Å². The molecule has 6 aromatic carbocycles. The molecule has 11 heteroatoms. The molecule has 2 atom stereocenters. The lowest BCUT2D eigenvalue weighted by Crippen LogP contribution is -2.39. The minimum atomic E-state index is -0.757. The van der Waals surface area contributed by atoms with E-state index in [4.69, 9.17) is 0 Å². The number of ketones is 4. The predicted octanol–water partition coefficient (Wildman–Crippen LogP) is 10.4. The quantitative estimate of drug-likeness (QED) is 0.158. The Labute approximate surface area is 393 Å². The summed E-state index contributed by atoms with van der Waals surface area (Å²) in [5.41, 5.74) is 8.55. The van der Waals surface area contributed by atoms with E-state index >= 15 is 0 Å². The molecule has 4 aliphatic carbocycles. The third-order valence-electron chi connectivity index (χ3n) is 14.5. The number of amides is 2. The number of hydrogen-bond donors (Lipinski definition) is 2. The van der Waals surface area contributed by atoms with E-state index in [1.807, 2.05) is 66.7 Å². The Hall–Kier alpha value is -8.83. The Morgan fingerprint density at radius 1 is 0.420 bits per heavy atom. The molecule has 9 aromatic rings. The maximum Gasteiger partial charge on any atom is 0.227 e. The van der Waals surface area contributed by atoms with Gasteiger partial charge in [0.15, 0.2) is 17.3 Å². The highest BCUT2D eigenvalue weighted by molar-refractivity contribution is 6.27. The predicted molar refractivity (Wildman–Crippen MR) is 262 cm³/mol. The second-order valence-corrected chi connectivity index (χ2v) is 18.5. The van der Waals surface area contributed by atoms with E-state index in [0.717, 1.165) is 38.0 Å². The smallest absolute Gasteiger partial charge is 0.227 e. The average molecular weight is 900 g/mol. The van der Waals surface area contributed by atoms with Crippen LogP contribution in [0.4, 0.5) is 11.4 Å². The number of rotatable bonds is 7. The van der Waals surface area contributed by atoms with Crippen LogP contribution in [-0.2, 0) is 20.8 Å². The number of pyridine rings is 3. The van der Waals surface area contributed by atoms with Crippen molar-refractivity contribution in [3.8, 4) is 33.8 Å². The molecule has 330 valence electrons. The topological polar surface area (TPSA) is 165 Å². The summed E-state index contributed by atoms with van der Waals surface area (Å²) in [5.74, 6) is -3.60. The maximum atomic E-state index is 14.5. The van der Waals surface area contributed by atoms with Crippen molar-refractivity contribution in [3.05, 3.63) is 185 Å². The van der Waals surface area contributed by atoms with Crippen LogP contribution in [-0.4, -0.2) is 49.9 Å². The first-order valence-electron chi connectivity index (χ1n) is 23.0. The number of benzene rings is 6. The Bertz CT molecular complexity index is 3440. The third-order valence-corrected chi connectivity index (χ3v) is 14.5. The van der Waals surface area contributed by atoms with Gasteiger partial charge in [-0.15, -0.1) is 0 Å². The second-order valence-electron chi connectivity index (χ2n) is 18.5. The largest absolute Gasteiger partial charge is 0.326 e. The SMILES string of the molecule is O=C1c2cc(CC(=O)C3CC(C(=O)Nc4ccc5c(c4)C(=O)c4cccc6ccnc-5c46)CC(C(=O)Nc4ccc5c(c4)C(=O)c4cccc6ccnc-5c46)C3)ccc2-c2nccc3cccc1c23. The van der Waals surface area contributed by atoms with Gasteiger partial charge in [-0.3, -0.25) is 43.7 Å². The zero-order valence-electron chi connectivity index (χ0n) is 36.7. The minimum Gasteiger partial charge on any atom is -0.326 e. The Morgan fingerprint density at radius 3 is 1.25 bits per heavy atom. The van der Waals surface area contributed by atoms with Gasteiger partial charge in [0.1, 0.15) is 5.78 Å². The van der Waals surface area contributed by atoms with Crippen LogP contribution in [0.3, 0.4) is 0 Å². The molecule has 2 N–H and O–H groups in total. The number of carbonyl (C=O) groups excluding carboxylic acids is 6. The highest BCUT2D eigenvalue weighted by Gasteiger charge is 2.40. The summed E-state index contributed by atoms with van der Waals surface area (Å²) in [6.45, 7) is 0. The zero-order chi connectivity index (χ0) is 46.7. The van der Waals surface area contributed by atoms with Gasteiger partial charge in [0.05, 0.1) is 17.1 Å². The summed E-state index contributed by atoms with van der Waals surface area (Å²) in [7, 11) is 0. The van der Waals surface area contributed by atoms with Crippen LogP contribution >= 0.6 is 0 Å². The van der Waals surface area contributed by atoms with Crippen molar-refractivity contribution in [2.24, 2.45) is 17.8 Å². The fourth-order valence-corrected chi connectivity index (χ4v) is 11.3. The van der Waals surface area contributed by atoms with Crippen LogP contribution in [0.1, 0.15) is 72.6 Å². The molecule has 0 spiro atoms. The Balaban J connectivity index is 0.796. The second kappa shape index (κ2) is 15.4. The van der Waals surface area contributed by atoms with Gasteiger partial charge in [0, 0.05) is 120 Å². The Morgan fingerprint density at radius 2 is 0.812 bits per heavy atom. The first kappa shape index (κ1) is 40.4. The van der Waals surface area contributed by atoms with Gasteiger partial charge in [0.2, 0.25) is 11.8 Å². The molecular weight excluding hydrogens is 863 g/mol. The van der Waals surface area contributed by atoms with E-state index in [-0.39, 0.29) is 60.6 Å². The standard InChI is InChI=1S/C58H37N5O6/c64-47(23-29-10-13-38-44(22-29)54(65)41-7-1-4-30-16-19-59-51(38)48(30)41)33-24-34(57(68)62-36-11-14-39-45(27-36)55(66)42-8-2-5-31-17-20-60-52(39)49(31)42)26-35(25-33)58(69)63-37-12-15-40-46(28-37)56(67)43-9-3-6-32-18-21-61-53(40)50(32)43/h1-22,27-28,33-35H,23-26H2,(H,62,68)(H,63,69). The van der Waals surface area contributed by atoms with E-state index in [0.29, 0.717) is 78.4 Å². The lowest BCUT2D eigenvalue weighted by Gasteiger charge is -2.33. The monoisotopic (exact) mass is 899 g/mol. The molecule has 3 heterocycles. The van der Waals surface area contributed by atoms with Crippen molar-refractivity contribution in [1.82, 2.24) is 15.0 Å². The molecule has 11 nitrogen and oxygen atoms in total. The van der Waals surface area contributed by atoms with Crippen LogP contribution in [0, 0.1) is 17.8 Å². The van der Waals surface area contributed by atoms with Gasteiger partial charge in [-0.1, -0.05) is 66.7 Å². The van der Waals surface area contributed by atoms with Crippen molar-refractivity contribution in [1.29, 1.82) is 0 Å². The first-order chi connectivity index (χ1) is 33.7. The summed E-state index contributed by atoms with van der Waals surface area (Å²) in [6, 6.07) is 38.2. The van der Waals surface area contributed by atoms with Crippen LogP contribution in [0.25, 0.3) is 66.1 Å². The van der Waals surface area contributed by atoms with Gasteiger partial charge in [-0.2, -0.15) is 0 Å². The highest BCUT2D eigenvalue weighted by Crippen LogP contribution is 2.43. The van der Waals surface area contributed by atoms with Crippen molar-refractivity contribution in [3.63, 3.8) is 0 Å². The van der Waals surface area contributed by atoms with Gasteiger partial charge in [-0.25, -0.2) is 0 Å². The van der Waals surface area contributed by atoms with E-state index < -0.39 is 17.8 Å². The van der Waals surface area contributed by atoms with E-state index in [1.165, 1.54) is 0 Å². The molecule has 0 aliphatic heterocycles. The summed E-state index contributed by atoms with van der Waals surface area (Å²) in [4.78, 5) is 99.0. The van der Waals surface area contributed by atoms with Crippen molar-refractivity contribution >= 4 is 78.6 Å². The van der Waals surface area contributed by atoms with Crippen LogP contribution < -0.4 is 10.6 Å². The number of fused-ring (bicyclic) bond motifs is 6. The van der Waals surface area contributed by atoms with Crippen LogP contribution in [0.15, 0.2) is 146 Å². The van der Waals surface area contributed by atoms with E-state index in [1.54, 1.807) is 79.3 Å². The molecule has 2 unspecified atom stereocenters. The van der Waals surface area contributed by atoms with Gasteiger partial charge >= 0.3 is 0 Å². The van der Waals surface area contributed by atoms with Gasteiger partial charge in [0.25, 0.3) is 0 Å². The zero-order valence-corrected chi connectivity index (χ0v) is 36.7. The molecular formula is C58H37N5O6. The average Bonchev–Trinajstić information content (AvgIpc) is 3.38. The summed E-state index contributed by atoms with van der Waals surface area (Å²) >= 11 is 0. The molecule has 1 fully saturated rings. The van der Waals surface area contributed by atoms with Crippen molar-refractivity contribution in [2.45, 2.75) is 25.7 Å². The summed E-state index contributed by atoms with van der Waals surface area (Å²) in [6.07, 6.45) is 5.67. The lowest BCUT2D eigenvalue weighted by atomic mass is 9.72. The highest BCUT2D eigenvalue weighted by atomic mass is 16.2. The number of carbonyl (C=O) groups is 6. The fraction of sp³-hybridized carbons (Fsp3) is 0.121. The van der Waals surface area contributed by atoms with Crippen LogP contribution in [0.2, 0.25) is 0 Å². The molecule has 1 saturated carbocycles. The number of aromatic nitrogens is 3. The molecule has 2 amide bonds. The number of Topliss-reactive ketones (excluding diaryl/α,β-unsaturated/α-hetero) is 1. The third kappa shape index (κ3) is 6.38. The number of nitrogens with one attached hydrogen (secondary N) is 2. The number of hydrogen-bond acceptors (Lipinski definition) is 9. The molecule has 69 heavy (non-hydrogen) atoms. The summed E-state index contributed by atoms with van der Waals surface area (Å²) < 4.78 is 0. The maximum absolute atomic E-state index is 14.5. The first-order valence-corrected chi connectivity index (χ1v) is 23.0. The lowest BCUT2D eigenvalue weighted by molar-refractivity contribution is -0.130. The van der Waals surface area contributed by atoms with Gasteiger partial charge < -0.3 is 10.6 Å². The van der Waals surface area contributed by atoms with E-state index in [9.17, 15) is 28.8 Å². The normalized spacial score (nSPS) is 17.3.